The molecular formula is C21H24N2O2. The number of likely N-dealkylation sites (tertiary alicyclic amines) is 1. The molecule has 0 aromatic heterocycles. The van der Waals surface area contributed by atoms with Crippen molar-refractivity contribution in [1.82, 2.24) is 10.2 Å². The second-order valence-corrected chi connectivity index (χ2v) is 6.95. The Labute approximate surface area is 148 Å². The molecule has 25 heavy (non-hydrogen) atoms. The molecule has 4 nitrogen and oxygen atoms in total. The Balaban J connectivity index is 1.55. The molecule has 2 heterocycles. The molecule has 1 unspecified atom stereocenters. The maximum absolute atomic E-state index is 13.1. The van der Waals surface area contributed by atoms with Gasteiger partial charge in [-0.3, -0.25) is 9.69 Å². The van der Waals surface area contributed by atoms with Crippen LogP contribution in [0.4, 0.5) is 0 Å². The first-order chi connectivity index (χ1) is 12.2. The summed E-state index contributed by atoms with van der Waals surface area (Å²) in [5, 5.41) is 3.17. The minimum absolute atomic E-state index is 0.0502. The van der Waals surface area contributed by atoms with Gasteiger partial charge in [0.05, 0.1) is 5.92 Å². The number of fused-ring (bicyclic) bond motifs is 2. The summed E-state index contributed by atoms with van der Waals surface area (Å²) in [6.45, 7) is 5.15. The van der Waals surface area contributed by atoms with Gasteiger partial charge in [-0.1, -0.05) is 36.4 Å². The number of para-hydroxylation sites is 2. The molecule has 130 valence electrons. The van der Waals surface area contributed by atoms with Crippen molar-refractivity contribution in [2.75, 3.05) is 19.6 Å². The molecule has 4 heteroatoms. The van der Waals surface area contributed by atoms with Gasteiger partial charge in [-0.05, 0) is 45.0 Å². The number of rotatable bonds is 4. The number of ether oxygens (including phenoxy) is 1. The summed E-state index contributed by atoms with van der Waals surface area (Å²) in [6, 6.07) is 16.0. The molecule has 1 atom stereocenters. The van der Waals surface area contributed by atoms with Gasteiger partial charge in [-0.15, -0.1) is 0 Å². The van der Waals surface area contributed by atoms with E-state index in [9.17, 15) is 4.79 Å². The highest BCUT2D eigenvalue weighted by molar-refractivity contribution is 5.89. The molecule has 0 aliphatic carbocycles. The Kier molecular flexibility index (Phi) is 4.45. The van der Waals surface area contributed by atoms with E-state index in [2.05, 4.69) is 17.1 Å². The fourth-order valence-electron chi connectivity index (χ4n) is 3.85. The van der Waals surface area contributed by atoms with Crippen molar-refractivity contribution in [1.29, 1.82) is 0 Å². The number of nitrogens with zero attached hydrogens (tertiary/aromatic N) is 1. The number of carbonyl (C=O) groups excluding carboxylic acids is 1. The van der Waals surface area contributed by atoms with E-state index in [1.165, 1.54) is 12.8 Å². The molecule has 4 rings (SSSR count). The van der Waals surface area contributed by atoms with Crippen LogP contribution in [0, 0.1) is 0 Å². The molecule has 0 saturated carbocycles. The number of hydrogen-bond donors (Lipinski definition) is 1. The van der Waals surface area contributed by atoms with Crippen molar-refractivity contribution in [3.8, 4) is 11.5 Å². The van der Waals surface area contributed by atoms with Crippen LogP contribution in [0.25, 0.3) is 0 Å². The molecule has 0 spiro atoms. The van der Waals surface area contributed by atoms with Crippen LogP contribution < -0.4 is 10.1 Å². The van der Waals surface area contributed by atoms with Crippen molar-refractivity contribution in [2.24, 2.45) is 0 Å². The first kappa shape index (κ1) is 16.2. The second-order valence-electron chi connectivity index (χ2n) is 6.95. The lowest BCUT2D eigenvalue weighted by molar-refractivity contribution is -0.122. The summed E-state index contributed by atoms with van der Waals surface area (Å²) in [6.07, 6.45) is 2.53. The first-order valence-electron chi connectivity index (χ1n) is 9.11. The molecular weight excluding hydrogens is 312 g/mol. The number of benzene rings is 2. The van der Waals surface area contributed by atoms with Crippen molar-refractivity contribution < 1.29 is 9.53 Å². The quantitative estimate of drug-likeness (QED) is 0.929. The lowest BCUT2D eigenvalue weighted by atomic mass is 9.87. The van der Waals surface area contributed by atoms with Crippen LogP contribution in [0.15, 0.2) is 48.5 Å². The Bertz CT molecular complexity index is 722. The third-order valence-electron chi connectivity index (χ3n) is 5.28. The SMILES string of the molecule is CC(CNC(=O)C1c2ccccc2Oc2ccccc21)N1CCCC1. The smallest absolute Gasteiger partial charge is 0.232 e. The van der Waals surface area contributed by atoms with Crippen LogP contribution in [0.3, 0.4) is 0 Å². The van der Waals surface area contributed by atoms with E-state index in [4.69, 9.17) is 4.74 Å². The maximum Gasteiger partial charge on any atom is 0.232 e. The van der Waals surface area contributed by atoms with Crippen molar-refractivity contribution in [2.45, 2.75) is 31.7 Å². The fraction of sp³-hybridized carbons (Fsp3) is 0.381. The van der Waals surface area contributed by atoms with E-state index in [0.717, 1.165) is 35.7 Å². The summed E-state index contributed by atoms with van der Waals surface area (Å²) >= 11 is 0. The monoisotopic (exact) mass is 336 g/mol. The van der Waals surface area contributed by atoms with Gasteiger partial charge in [0, 0.05) is 23.7 Å². The van der Waals surface area contributed by atoms with Crippen LogP contribution >= 0.6 is 0 Å². The van der Waals surface area contributed by atoms with Gasteiger partial charge < -0.3 is 10.1 Å². The van der Waals surface area contributed by atoms with E-state index >= 15 is 0 Å². The van der Waals surface area contributed by atoms with Gasteiger partial charge in [0.2, 0.25) is 5.91 Å². The molecule has 2 aromatic rings. The van der Waals surface area contributed by atoms with E-state index in [0.29, 0.717) is 12.6 Å². The number of carbonyl (C=O) groups is 1. The summed E-state index contributed by atoms with van der Waals surface area (Å²) < 4.78 is 5.98. The molecule has 1 saturated heterocycles. The van der Waals surface area contributed by atoms with Crippen molar-refractivity contribution >= 4 is 5.91 Å². The Morgan fingerprint density at radius 2 is 1.64 bits per heavy atom. The Morgan fingerprint density at radius 3 is 2.24 bits per heavy atom. The number of hydrogen-bond acceptors (Lipinski definition) is 3. The third kappa shape index (κ3) is 3.14. The standard InChI is InChI=1S/C21H24N2O2/c1-15(23-12-6-7-13-23)14-22-21(24)20-16-8-2-4-10-18(16)25-19-11-5-3-9-17(19)20/h2-5,8-11,15,20H,6-7,12-14H2,1H3,(H,22,24). The fourth-order valence-corrected chi connectivity index (χ4v) is 3.85. The maximum atomic E-state index is 13.1. The normalized spacial score (nSPS) is 18.1. The summed E-state index contributed by atoms with van der Waals surface area (Å²) in [5.74, 6) is 1.28. The minimum Gasteiger partial charge on any atom is -0.457 e. The van der Waals surface area contributed by atoms with Gasteiger partial charge in [0.25, 0.3) is 0 Å². The van der Waals surface area contributed by atoms with Gasteiger partial charge in [-0.25, -0.2) is 0 Å². The molecule has 2 aromatic carbocycles. The second kappa shape index (κ2) is 6.89. The zero-order chi connectivity index (χ0) is 17.2. The van der Waals surface area contributed by atoms with Crippen LogP contribution in [0.1, 0.15) is 36.8 Å². The van der Waals surface area contributed by atoms with Gasteiger partial charge in [0.1, 0.15) is 11.5 Å². The summed E-state index contributed by atoms with van der Waals surface area (Å²) in [7, 11) is 0. The van der Waals surface area contributed by atoms with E-state index in [1.807, 2.05) is 48.5 Å². The van der Waals surface area contributed by atoms with Crippen LogP contribution in [0.5, 0.6) is 11.5 Å². The molecule has 0 radical (unpaired) electrons. The van der Waals surface area contributed by atoms with Crippen LogP contribution in [-0.2, 0) is 4.79 Å². The Hall–Kier alpha value is -2.33. The van der Waals surface area contributed by atoms with E-state index in [1.54, 1.807) is 0 Å². The zero-order valence-corrected chi connectivity index (χ0v) is 14.6. The molecule has 1 N–H and O–H groups in total. The van der Waals surface area contributed by atoms with Gasteiger partial charge in [-0.2, -0.15) is 0 Å². The third-order valence-corrected chi connectivity index (χ3v) is 5.28. The molecule has 2 aliphatic rings. The van der Waals surface area contributed by atoms with Crippen LogP contribution in [-0.4, -0.2) is 36.5 Å². The van der Waals surface area contributed by atoms with Crippen molar-refractivity contribution in [3.05, 3.63) is 59.7 Å². The van der Waals surface area contributed by atoms with E-state index < -0.39 is 0 Å². The average Bonchev–Trinajstić information content (AvgIpc) is 3.18. The summed E-state index contributed by atoms with van der Waals surface area (Å²) in [5.41, 5.74) is 1.88. The van der Waals surface area contributed by atoms with E-state index in [-0.39, 0.29) is 11.8 Å². The highest BCUT2D eigenvalue weighted by Crippen LogP contribution is 2.43. The largest absolute Gasteiger partial charge is 0.457 e. The molecule has 0 bridgehead atoms. The topological polar surface area (TPSA) is 41.6 Å². The lowest BCUT2D eigenvalue weighted by Gasteiger charge is -2.29. The molecule has 2 aliphatic heterocycles. The molecule has 1 fully saturated rings. The van der Waals surface area contributed by atoms with Gasteiger partial charge >= 0.3 is 0 Å². The minimum atomic E-state index is -0.313. The van der Waals surface area contributed by atoms with Gasteiger partial charge in [0.15, 0.2) is 0 Å². The highest BCUT2D eigenvalue weighted by atomic mass is 16.5. The summed E-state index contributed by atoms with van der Waals surface area (Å²) in [4.78, 5) is 15.5. The van der Waals surface area contributed by atoms with Crippen LogP contribution in [0.2, 0.25) is 0 Å². The number of nitrogens with one attached hydrogen (secondary N) is 1. The highest BCUT2D eigenvalue weighted by Gasteiger charge is 2.32. The lowest BCUT2D eigenvalue weighted by Crippen LogP contribution is -2.42. The Morgan fingerprint density at radius 1 is 1.08 bits per heavy atom. The zero-order valence-electron chi connectivity index (χ0n) is 14.6. The number of amides is 1. The predicted molar refractivity (Wildman–Crippen MR) is 98.1 cm³/mol. The molecule has 1 amide bonds. The average molecular weight is 336 g/mol. The van der Waals surface area contributed by atoms with Crippen molar-refractivity contribution in [3.63, 3.8) is 0 Å². The first-order valence-corrected chi connectivity index (χ1v) is 9.11. The predicted octanol–water partition coefficient (Wildman–Crippen LogP) is 3.52.